The molecule has 2 nitrogen and oxygen atoms in total. The predicted molar refractivity (Wildman–Crippen MR) is 301 cm³/mol. The molecule has 0 unspecified atom stereocenters. The summed E-state index contributed by atoms with van der Waals surface area (Å²) in [6.07, 6.45) is 0. The van der Waals surface area contributed by atoms with Crippen LogP contribution in [0.4, 0.5) is 17.1 Å². The molecule has 0 saturated carbocycles. The monoisotopic (exact) mass is 918 g/mol. The number of hydrogen-bond acceptors (Lipinski definition) is 1. The first-order chi connectivity index (χ1) is 35.5. The van der Waals surface area contributed by atoms with Crippen molar-refractivity contribution in [1.29, 1.82) is 0 Å². The molecule has 0 bridgehead atoms. The lowest BCUT2D eigenvalue weighted by atomic mass is 9.67. The number of fused-ring (bicyclic) bond motifs is 9. The quantitative estimate of drug-likeness (QED) is 0.147. The van der Waals surface area contributed by atoms with E-state index in [1.54, 1.807) is 0 Å². The average Bonchev–Trinajstić information content (AvgIpc) is 4.02. The molecule has 12 aromatic rings. The highest BCUT2D eigenvalue weighted by atomic mass is 15.1. The lowest BCUT2D eigenvalue weighted by molar-refractivity contribution is 0.660. The van der Waals surface area contributed by atoms with Gasteiger partial charge in [0.2, 0.25) is 0 Å². The molecule has 340 valence electrons. The van der Waals surface area contributed by atoms with Crippen LogP contribution >= 0.6 is 0 Å². The summed E-state index contributed by atoms with van der Waals surface area (Å²) in [5.74, 6) is 0. The first-order valence-electron chi connectivity index (χ1n) is 25.2. The molecule has 0 spiro atoms. The van der Waals surface area contributed by atoms with Gasteiger partial charge in [0.05, 0.1) is 22.1 Å². The fourth-order valence-corrected chi connectivity index (χ4v) is 12.6. The summed E-state index contributed by atoms with van der Waals surface area (Å²) in [6.45, 7) is 4.72. The molecular formula is C70H50N2. The Bertz CT molecular complexity index is 4030. The zero-order chi connectivity index (χ0) is 48.0. The topological polar surface area (TPSA) is 8.17 Å². The van der Waals surface area contributed by atoms with E-state index in [2.05, 4.69) is 290 Å². The second-order valence-corrected chi connectivity index (χ2v) is 20.0. The molecule has 72 heavy (non-hydrogen) atoms. The molecule has 0 fully saturated rings. The summed E-state index contributed by atoms with van der Waals surface area (Å²) >= 11 is 0. The van der Waals surface area contributed by atoms with Crippen molar-refractivity contribution in [2.45, 2.75) is 24.7 Å². The molecule has 1 aromatic heterocycles. The van der Waals surface area contributed by atoms with Crippen LogP contribution in [0.3, 0.4) is 0 Å². The zero-order valence-electron chi connectivity index (χ0n) is 40.3. The van der Waals surface area contributed by atoms with Crippen LogP contribution in [0.1, 0.15) is 47.2 Å². The Kier molecular flexibility index (Phi) is 9.50. The van der Waals surface area contributed by atoms with E-state index in [4.69, 9.17) is 0 Å². The summed E-state index contributed by atoms with van der Waals surface area (Å²) < 4.78 is 2.47. The molecule has 2 aliphatic carbocycles. The standard InChI is InChI=1S/C70H50N2/c1-69(2)62-33-16-12-30-56(62)58-40-38-53(45-64(58)69)71(52-27-10-5-11-28-52)66-35-18-14-29-55(66)49-22-20-21-47(43-49)48-37-42-68-61(44-48)60-32-15-19-36-67(60)72(68)54-39-41-59-57-31-13-17-34-63(57)70(65(59)46-54,50-23-6-3-7-24-50)51-25-8-4-9-26-51/h3-46H,1-2H3. The summed E-state index contributed by atoms with van der Waals surface area (Å²) in [7, 11) is 0. The highest BCUT2D eigenvalue weighted by molar-refractivity contribution is 6.10. The molecule has 1 heterocycles. The van der Waals surface area contributed by atoms with Crippen LogP contribution in [-0.2, 0) is 10.8 Å². The van der Waals surface area contributed by atoms with Crippen LogP contribution in [0.15, 0.2) is 267 Å². The van der Waals surface area contributed by atoms with Crippen molar-refractivity contribution < 1.29 is 0 Å². The van der Waals surface area contributed by atoms with E-state index in [-0.39, 0.29) is 5.41 Å². The largest absolute Gasteiger partial charge is 0.310 e. The molecule has 0 saturated heterocycles. The maximum Gasteiger partial charge on any atom is 0.0714 e. The van der Waals surface area contributed by atoms with E-state index in [1.165, 1.54) is 99.7 Å². The third kappa shape index (κ3) is 6.22. The Morgan fingerprint density at radius 3 is 1.64 bits per heavy atom. The number of anilines is 3. The van der Waals surface area contributed by atoms with Gasteiger partial charge >= 0.3 is 0 Å². The summed E-state index contributed by atoms with van der Waals surface area (Å²) in [5.41, 5.74) is 24.1. The Morgan fingerprint density at radius 1 is 0.319 bits per heavy atom. The molecule has 0 atom stereocenters. The number of para-hydroxylation sites is 3. The average molecular weight is 919 g/mol. The van der Waals surface area contributed by atoms with Crippen LogP contribution < -0.4 is 4.90 Å². The van der Waals surface area contributed by atoms with Gasteiger partial charge in [0.15, 0.2) is 0 Å². The number of benzene rings is 11. The Labute approximate surface area is 421 Å². The van der Waals surface area contributed by atoms with Crippen molar-refractivity contribution in [3.05, 3.63) is 300 Å². The van der Waals surface area contributed by atoms with Crippen molar-refractivity contribution in [1.82, 2.24) is 4.57 Å². The van der Waals surface area contributed by atoms with Gasteiger partial charge in [0.25, 0.3) is 0 Å². The minimum absolute atomic E-state index is 0.115. The zero-order valence-corrected chi connectivity index (χ0v) is 40.3. The molecule has 14 rings (SSSR count). The SMILES string of the molecule is CC1(C)c2ccccc2-c2ccc(N(c3ccccc3)c3ccccc3-c3cccc(-c4ccc5c(c4)c4ccccc4n5-c4ccc5c(c4)C(c4ccccc4)(c4ccccc4)c4ccccc4-5)c3)cc21. The van der Waals surface area contributed by atoms with Crippen molar-refractivity contribution in [3.8, 4) is 50.2 Å². The lowest BCUT2D eigenvalue weighted by Gasteiger charge is -2.34. The smallest absolute Gasteiger partial charge is 0.0714 e. The van der Waals surface area contributed by atoms with E-state index < -0.39 is 5.41 Å². The first-order valence-corrected chi connectivity index (χ1v) is 25.2. The molecule has 0 aliphatic heterocycles. The highest BCUT2D eigenvalue weighted by Crippen LogP contribution is 2.57. The van der Waals surface area contributed by atoms with Crippen molar-refractivity contribution in [2.75, 3.05) is 4.90 Å². The van der Waals surface area contributed by atoms with Gasteiger partial charge in [-0.25, -0.2) is 0 Å². The minimum atomic E-state index is -0.483. The molecule has 2 aliphatic rings. The number of nitrogens with zero attached hydrogens (tertiary/aromatic N) is 2. The second kappa shape index (κ2) is 16.3. The first kappa shape index (κ1) is 41.9. The molecule has 2 heteroatoms. The van der Waals surface area contributed by atoms with Gasteiger partial charge in [0, 0.05) is 38.8 Å². The molecular weight excluding hydrogens is 869 g/mol. The van der Waals surface area contributed by atoms with Gasteiger partial charge in [-0.3, -0.25) is 0 Å². The third-order valence-electron chi connectivity index (χ3n) is 15.9. The minimum Gasteiger partial charge on any atom is -0.310 e. The normalized spacial score (nSPS) is 13.6. The van der Waals surface area contributed by atoms with Gasteiger partial charge in [-0.1, -0.05) is 214 Å². The van der Waals surface area contributed by atoms with Crippen LogP contribution in [0.5, 0.6) is 0 Å². The van der Waals surface area contributed by atoms with Crippen molar-refractivity contribution >= 4 is 38.9 Å². The van der Waals surface area contributed by atoms with Crippen molar-refractivity contribution in [3.63, 3.8) is 0 Å². The number of rotatable bonds is 8. The third-order valence-corrected chi connectivity index (χ3v) is 15.9. The molecule has 0 N–H and O–H groups in total. The lowest BCUT2D eigenvalue weighted by Crippen LogP contribution is -2.28. The number of hydrogen-bond donors (Lipinski definition) is 0. The van der Waals surface area contributed by atoms with E-state index in [0.29, 0.717) is 0 Å². The highest BCUT2D eigenvalue weighted by Gasteiger charge is 2.46. The summed E-state index contributed by atoms with van der Waals surface area (Å²) in [4.78, 5) is 2.43. The van der Waals surface area contributed by atoms with Crippen LogP contribution in [0.25, 0.3) is 72.0 Å². The van der Waals surface area contributed by atoms with E-state index in [1.807, 2.05) is 0 Å². The molecule has 11 aromatic carbocycles. The summed E-state index contributed by atoms with van der Waals surface area (Å²) in [5, 5.41) is 2.46. The fraction of sp³-hybridized carbons (Fsp3) is 0.0571. The second-order valence-electron chi connectivity index (χ2n) is 20.0. The van der Waals surface area contributed by atoms with E-state index >= 15 is 0 Å². The Balaban J connectivity index is 0.890. The number of aromatic nitrogens is 1. The van der Waals surface area contributed by atoms with E-state index in [0.717, 1.165) is 22.7 Å². The van der Waals surface area contributed by atoms with Crippen molar-refractivity contribution in [2.24, 2.45) is 0 Å². The van der Waals surface area contributed by atoms with Crippen LogP contribution in [0.2, 0.25) is 0 Å². The molecule has 0 amide bonds. The maximum atomic E-state index is 2.47. The Morgan fingerprint density at radius 2 is 0.875 bits per heavy atom. The maximum absolute atomic E-state index is 2.47. The predicted octanol–water partition coefficient (Wildman–Crippen LogP) is 18.3. The van der Waals surface area contributed by atoms with Crippen LogP contribution in [0, 0.1) is 0 Å². The fourth-order valence-electron chi connectivity index (χ4n) is 12.6. The summed E-state index contributed by atoms with van der Waals surface area (Å²) in [6, 6.07) is 99.0. The van der Waals surface area contributed by atoms with Gasteiger partial charge in [-0.05, 0) is 139 Å². The van der Waals surface area contributed by atoms with Crippen LogP contribution in [-0.4, -0.2) is 4.57 Å². The molecule has 0 radical (unpaired) electrons. The van der Waals surface area contributed by atoms with Gasteiger partial charge < -0.3 is 9.47 Å². The van der Waals surface area contributed by atoms with Gasteiger partial charge in [-0.15, -0.1) is 0 Å². The van der Waals surface area contributed by atoms with Gasteiger partial charge in [0.1, 0.15) is 0 Å². The van der Waals surface area contributed by atoms with Gasteiger partial charge in [-0.2, -0.15) is 0 Å². The van der Waals surface area contributed by atoms with E-state index in [9.17, 15) is 0 Å². The Hall–Kier alpha value is -8.98.